The standard InChI is InChI=1S/C21H25N3O3/c1-23(16-17-8-3-2-4-9-17)14-7-13-22-20(25)12-15-24-18-10-5-6-11-19(18)27-21(24)26/h2-6,8-11H,7,12-16H2,1H3,(H,22,25). The number of aryl methyl sites for hydroxylation is 1. The highest BCUT2D eigenvalue weighted by Gasteiger charge is 2.10. The molecule has 0 fully saturated rings. The van der Waals surface area contributed by atoms with E-state index in [-0.39, 0.29) is 12.3 Å². The Bertz CT molecular complexity index is 930. The lowest BCUT2D eigenvalue weighted by Crippen LogP contribution is -2.29. The van der Waals surface area contributed by atoms with Crippen molar-refractivity contribution >= 4 is 17.0 Å². The zero-order valence-electron chi connectivity index (χ0n) is 15.6. The Morgan fingerprint density at radius 3 is 2.67 bits per heavy atom. The second kappa shape index (κ2) is 9.19. The zero-order chi connectivity index (χ0) is 19.1. The number of benzene rings is 2. The van der Waals surface area contributed by atoms with Crippen LogP contribution in [0.1, 0.15) is 18.4 Å². The van der Waals surface area contributed by atoms with Crippen LogP contribution in [0.3, 0.4) is 0 Å². The molecule has 0 saturated carbocycles. The van der Waals surface area contributed by atoms with Crippen LogP contribution < -0.4 is 11.1 Å². The third-order valence-corrected chi connectivity index (χ3v) is 4.47. The molecule has 3 rings (SSSR count). The monoisotopic (exact) mass is 367 g/mol. The predicted molar refractivity (Wildman–Crippen MR) is 105 cm³/mol. The van der Waals surface area contributed by atoms with Crippen molar-refractivity contribution in [3.63, 3.8) is 0 Å². The first-order chi connectivity index (χ1) is 13.1. The molecule has 6 nitrogen and oxygen atoms in total. The molecular weight excluding hydrogens is 342 g/mol. The van der Waals surface area contributed by atoms with Gasteiger partial charge in [-0.05, 0) is 37.7 Å². The molecule has 0 saturated heterocycles. The number of nitrogens with zero attached hydrogens (tertiary/aromatic N) is 2. The third-order valence-electron chi connectivity index (χ3n) is 4.47. The Morgan fingerprint density at radius 2 is 1.85 bits per heavy atom. The highest BCUT2D eigenvalue weighted by atomic mass is 16.4. The van der Waals surface area contributed by atoms with Gasteiger partial charge in [-0.15, -0.1) is 0 Å². The van der Waals surface area contributed by atoms with Crippen molar-refractivity contribution in [3.8, 4) is 0 Å². The van der Waals surface area contributed by atoms with Crippen molar-refractivity contribution in [2.24, 2.45) is 0 Å². The summed E-state index contributed by atoms with van der Waals surface area (Å²) in [6.07, 6.45) is 1.13. The minimum absolute atomic E-state index is 0.0575. The molecule has 1 amide bonds. The lowest BCUT2D eigenvalue weighted by Gasteiger charge is -2.16. The molecule has 27 heavy (non-hydrogen) atoms. The molecule has 6 heteroatoms. The maximum absolute atomic E-state index is 12.1. The molecule has 0 aliphatic heterocycles. The van der Waals surface area contributed by atoms with E-state index in [0.717, 1.165) is 25.0 Å². The summed E-state index contributed by atoms with van der Waals surface area (Å²) >= 11 is 0. The van der Waals surface area contributed by atoms with Gasteiger partial charge in [-0.3, -0.25) is 9.36 Å². The molecule has 0 unspecified atom stereocenters. The van der Waals surface area contributed by atoms with Crippen LogP contribution in [-0.2, 0) is 17.9 Å². The maximum Gasteiger partial charge on any atom is 0.419 e. The van der Waals surface area contributed by atoms with Gasteiger partial charge in [-0.1, -0.05) is 42.5 Å². The van der Waals surface area contributed by atoms with Gasteiger partial charge in [0.05, 0.1) is 5.52 Å². The lowest BCUT2D eigenvalue weighted by molar-refractivity contribution is -0.121. The van der Waals surface area contributed by atoms with E-state index < -0.39 is 5.76 Å². The molecule has 2 aromatic carbocycles. The number of hydrogen-bond donors (Lipinski definition) is 1. The van der Waals surface area contributed by atoms with Gasteiger partial charge in [0, 0.05) is 26.1 Å². The molecule has 1 N–H and O–H groups in total. The van der Waals surface area contributed by atoms with Gasteiger partial charge >= 0.3 is 5.76 Å². The second-order valence-corrected chi connectivity index (χ2v) is 6.66. The number of amides is 1. The summed E-state index contributed by atoms with van der Waals surface area (Å²) < 4.78 is 6.68. The predicted octanol–water partition coefficient (Wildman–Crippen LogP) is 2.62. The molecule has 1 aromatic heterocycles. The first-order valence-electron chi connectivity index (χ1n) is 9.21. The van der Waals surface area contributed by atoms with Crippen molar-refractivity contribution in [2.45, 2.75) is 25.9 Å². The summed E-state index contributed by atoms with van der Waals surface area (Å²) in [6, 6.07) is 17.5. The molecule has 0 aliphatic rings. The van der Waals surface area contributed by atoms with Gasteiger partial charge in [0.1, 0.15) is 0 Å². The Hall–Kier alpha value is -2.86. The second-order valence-electron chi connectivity index (χ2n) is 6.66. The Morgan fingerprint density at radius 1 is 1.11 bits per heavy atom. The fraction of sp³-hybridized carbons (Fsp3) is 0.333. The fourth-order valence-electron chi connectivity index (χ4n) is 3.08. The van der Waals surface area contributed by atoms with E-state index in [2.05, 4.69) is 29.4 Å². The van der Waals surface area contributed by atoms with E-state index in [1.165, 1.54) is 10.1 Å². The van der Waals surface area contributed by atoms with E-state index in [1.54, 1.807) is 6.07 Å². The molecular formula is C21H25N3O3. The molecule has 3 aromatic rings. The summed E-state index contributed by atoms with van der Waals surface area (Å²) in [5.74, 6) is -0.482. The number of carbonyl (C=O) groups excluding carboxylic acids is 1. The summed E-state index contributed by atoms with van der Waals surface area (Å²) in [6.45, 7) is 2.74. The SMILES string of the molecule is CN(CCCNC(=O)CCn1c(=O)oc2ccccc21)Cc1ccccc1. The van der Waals surface area contributed by atoms with Crippen molar-refractivity contribution in [1.29, 1.82) is 0 Å². The average Bonchev–Trinajstić information content (AvgIpc) is 2.99. The topological polar surface area (TPSA) is 67.5 Å². The van der Waals surface area contributed by atoms with E-state index in [1.807, 2.05) is 36.4 Å². The van der Waals surface area contributed by atoms with Gasteiger partial charge in [-0.2, -0.15) is 0 Å². The Kier molecular flexibility index (Phi) is 6.44. The van der Waals surface area contributed by atoms with Gasteiger partial charge < -0.3 is 14.6 Å². The smallest absolute Gasteiger partial charge is 0.408 e. The number of fused-ring (bicyclic) bond motifs is 1. The van der Waals surface area contributed by atoms with Crippen LogP contribution in [0.15, 0.2) is 63.8 Å². The van der Waals surface area contributed by atoms with Crippen LogP contribution in [0.25, 0.3) is 11.1 Å². The Balaban J connectivity index is 1.37. The van der Waals surface area contributed by atoms with Crippen LogP contribution in [0, 0.1) is 0 Å². The normalized spacial score (nSPS) is 11.2. The van der Waals surface area contributed by atoms with Gasteiger partial charge in [0.2, 0.25) is 5.91 Å². The first kappa shape index (κ1) is 18.9. The quantitative estimate of drug-likeness (QED) is 0.591. The van der Waals surface area contributed by atoms with Crippen molar-refractivity contribution < 1.29 is 9.21 Å². The van der Waals surface area contributed by atoms with Gasteiger partial charge in [0.15, 0.2) is 5.58 Å². The van der Waals surface area contributed by atoms with E-state index in [0.29, 0.717) is 18.7 Å². The van der Waals surface area contributed by atoms with Crippen LogP contribution >= 0.6 is 0 Å². The van der Waals surface area contributed by atoms with E-state index in [9.17, 15) is 9.59 Å². The number of hydrogen-bond acceptors (Lipinski definition) is 4. The summed E-state index contributed by atoms with van der Waals surface area (Å²) in [5.41, 5.74) is 2.55. The summed E-state index contributed by atoms with van der Waals surface area (Å²) in [5, 5.41) is 2.92. The van der Waals surface area contributed by atoms with Crippen molar-refractivity contribution in [2.75, 3.05) is 20.1 Å². The van der Waals surface area contributed by atoms with Crippen LogP contribution in [0.5, 0.6) is 0 Å². The molecule has 0 radical (unpaired) electrons. The largest absolute Gasteiger partial charge is 0.419 e. The van der Waals surface area contributed by atoms with Gasteiger partial charge in [-0.25, -0.2) is 4.79 Å². The molecule has 142 valence electrons. The third kappa shape index (κ3) is 5.31. The number of carbonyl (C=O) groups is 1. The minimum Gasteiger partial charge on any atom is -0.408 e. The molecule has 1 heterocycles. The number of nitrogens with one attached hydrogen (secondary N) is 1. The van der Waals surface area contributed by atoms with Gasteiger partial charge in [0.25, 0.3) is 0 Å². The first-order valence-corrected chi connectivity index (χ1v) is 9.21. The minimum atomic E-state index is -0.425. The van der Waals surface area contributed by atoms with Crippen LogP contribution in [-0.4, -0.2) is 35.5 Å². The zero-order valence-corrected chi connectivity index (χ0v) is 15.6. The fourth-order valence-corrected chi connectivity index (χ4v) is 3.08. The Labute approximate surface area is 158 Å². The average molecular weight is 367 g/mol. The van der Waals surface area contributed by atoms with Crippen LogP contribution in [0.2, 0.25) is 0 Å². The summed E-state index contributed by atoms with van der Waals surface area (Å²) in [7, 11) is 2.07. The molecule has 0 bridgehead atoms. The highest BCUT2D eigenvalue weighted by Crippen LogP contribution is 2.11. The highest BCUT2D eigenvalue weighted by molar-refractivity contribution is 5.76. The van der Waals surface area contributed by atoms with Crippen LogP contribution in [0.4, 0.5) is 0 Å². The van der Waals surface area contributed by atoms with E-state index in [4.69, 9.17) is 4.42 Å². The number of para-hydroxylation sites is 2. The summed E-state index contributed by atoms with van der Waals surface area (Å²) in [4.78, 5) is 26.2. The molecule has 0 atom stereocenters. The van der Waals surface area contributed by atoms with Crippen molar-refractivity contribution in [1.82, 2.24) is 14.8 Å². The number of rotatable bonds is 9. The van der Waals surface area contributed by atoms with Crippen molar-refractivity contribution in [3.05, 3.63) is 70.7 Å². The van der Waals surface area contributed by atoms with E-state index >= 15 is 0 Å². The number of oxazole rings is 1. The maximum atomic E-state index is 12.1. The molecule has 0 aliphatic carbocycles. The lowest BCUT2D eigenvalue weighted by atomic mass is 10.2. The number of aromatic nitrogens is 1. The molecule has 0 spiro atoms.